The van der Waals surface area contributed by atoms with E-state index in [-0.39, 0.29) is 6.29 Å². The summed E-state index contributed by atoms with van der Waals surface area (Å²) >= 11 is 0. The molecule has 0 radical (unpaired) electrons. The van der Waals surface area contributed by atoms with Crippen molar-refractivity contribution >= 4 is 0 Å². The predicted octanol–water partition coefficient (Wildman–Crippen LogP) is 11.3. The fourth-order valence-electron chi connectivity index (χ4n) is 4.60. The summed E-state index contributed by atoms with van der Waals surface area (Å²) in [5.41, 5.74) is 0. The van der Waals surface area contributed by atoms with E-state index in [9.17, 15) is 0 Å². The summed E-state index contributed by atoms with van der Waals surface area (Å²) in [6, 6.07) is 0. The Balaban J connectivity index is 3.73. The minimum absolute atomic E-state index is 0.0111. The molecule has 0 aliphatic rings. The number of unbranched alkanes of at least 4 members (excludes halogenated alkanes) is 19. The van der Waals surface area contributed by atoms with Gasteiger partial charge in [-0.25, -0.2) is 0 Å². The molecule has 0 atom stereocenters. The molecule has 0 aliphatic carbocycles. The second kappa shape index (κ2) is 34.4. The van der Waals surface area contributed by atoms with E-state index in [2.05, 4.69) is 26.8 Å². The van der Waals surface area contributed by atoms with Gasteiger partial charge in [-0.15, -0.1) is 0 Å². The summed E-state index contributed by atoms with van der Waals surface area (Å²) < 4.78 is 23.2. The lowest BCUT2D eigenvalue weighted by molar-refractivity contribution is -0.148. The third-order valence-electron chi connectivity index (χ3n) is 7.15. The maximum atomic E-state index is 6.18. The van der Waals surface area contributed by atoms with E-state index in [4.69, 9.17) is 18.9 Å². The summed E-state index contributed by atoms with van der Waals surface area (Å²) in [7, 11) is 0. The molecule has 38 heavy (non-hydrogen) atoms. The highest BCUT2D eigenvalue weighted by molar-refractivity contribution is 4.72. The van der Waals surface area contributed by atoms with Gasteiger partial charge < -0.3 is 18.9 Å². The van der Waals surface area contributed by atoms with E-state index >= 15 is 0 Å². The molecule has 0 N–H and O–H groups in total. The molecule has 0 saturated carbocycles. The zero-order chi connectivity index (χ0) is 27.6. The van der Waals surface area contributed by atoms with Gasteiger partial charge in [-0.2, -0.15) is 0 Å². The molecule has 0 fully saturated rings. The van der Waals surface area contributed by atoms with Gasteiger partial charge in [0.15, 0.2) is 13.1 Å². The average molecular weight is 541 g/mol. The number of rotatable bonds is 33. The highest BCUT2D eigenvalue weighted by Gasteiger charge is 2.09. The van der Waals surface area contributed by atoms with Crippen LogP contribution in [-0.4, -0.2) is 32.9 Å². The Morgan fingerprint density at radius 2 is 0.921 bits per heavy atom. The molecule has 0 bridgehead atoms. The van der Waals surface area contributed by atoms with Crippen molar-refractivity contribution in [1.82, 2.24) is 0 Å². The number of hydrogen-bond acceptors (Lipinski definition) is 4. The molecule has 0 heterocycles. The van der Waals surface area contributed by atoms with Crippen LogP contribution in [0, 0.1) is 0 Å². The number of ether oxygens (including phenoxy) is 4. The molecule has 4 nitrogen and oxygen atoms in total. The van der Waals surface area contributed by atoms with Crippen LogP contribution in [0.1, 0.15) is 175 Å². The van der Waals surface area contributed by atoms with Gasteiger partial charge in [0.1, 0.15) is 0 Å². The van der Waals surface area contributed by atoms with Gasteiger partial charge in [0.2, 0.25) is 0 Å². The van der Waals surface area contributed by atoms with E-state index in [1.54, 1.807) is 6.26 Å². The van der Waals surface area contributed by atoms with Gasteiger partial charge in [-0.3, -0.25) is 0 Å². The van der Waals surface area contributed by atoms with E-state index in [0.717, 1.165) is 39.1 Å². The smallest absolute Gasteiger partial charge is 0.188 e. The Hall–Kier alpha value is -0.580. The van der Waals surface area contributed by atoms with Crippen LogP contribution >= 0.6 is 0 Å². The van der Waals surface area contributed by atoms with Crippen molar-refractivity contribution < 1.29 is 18.9 Å². The molecule has 0 aromatic rings. The fourth-order valence-corrected chi connectivity index (χ4v) is 4.60. The van der Waals surface area contributed by atoms with E-state index in [1.807, 2.05) is 0 Å². The van der Waals surface area contributed by atoms with E-state index in [1.165, 1.54) is 135 Å². The SMILES string of the molecule is CCCCCCCCOC(CCCCCCCCCC=COCOCCCCC)OCCCCCCCC. The van der Waals surface area contributed by atoms with Crippen LogP contribution < -0.4 is 0 Å². The highest BCUT2D eigenvalue weighted by atomic mass is 16.7. The molecule has 228 valence electrons. The van der Waals surface area contributed by atoms with Crippen molar-refractivity contribution in [2.24, 2.45) is 0 Å². The Kier molecular flexibility index (Phi) is 33.9. The molecule has 0 saturated heterocycles. The summed E-state index contributed by atoms with van der Waals surface area (Å²) in [6.45, 7) is 9.67. The molecule has 0 unspecified atom stereocenters. The van der Waals surface area contributed by atoms with Gasteiger partial charge in [0.05, 0.1) is 12.9 Å². The van der Waals surface area contributed by atoms with Gasteiger partial charge in [0, 0.05) is 13.2 Å². The molecule has 0 spiro atoms. The Morgan fingerprint density at radius 3 is 1.50 bits per heavy atom. The van der Waals surface area contributed by atoms with Crippen molar-refractivity contribution in [3.8, 4) is 0 Å². The van der Waals surface area contributed by atoms with Crippen molar-refractivity contribution in [3.63, 3.8) is 0 Å². The molecular formula is C34H68O4. The van der Waals surface area contributed by atoms with E-state index < -0.39 is 0 Å². The summed E-state index contributed by atoms with van der Waals surface area (Å²) in [5.74, 6) is 0. The Bertz CT molecular complexity index is 422. The number of hydrogen-bond donors (Lipinski definition) is 0. The Labute approximate surface area is 239 Å². The summed E-state index contributed by atoms with van der Waals surface area (Å²) in [5, 5.41) is 0. The van der Waals surface area contributed by atoms with Crippen LogP contribution in [0.3, 0.4) is 0 Å². The standard InChI is InChI=1S/C34H68O4/c1-4-7-10-12-21-26-31-37-34(38-32-27-22-13-11-8-5-2)28-23-19-17-15-14-16-18-20-25-30-36-33-35-29-24-9-6-3/h25,30,34H,4-24,26-29,31-33H2,1-3H3. The van der Waals surface area contributed by atoms with Crippen molar-refractivity contribution in [3.05, 3.63) is 12.3 Å². The molecule has 0 aromatic carbocycles. The molecule has 0 aliphatic heterocycles. The molecule has 0 rings (SSSR count). The highest BCUT2D eigenvalue weighted by Crippen LogP contribution is 2.15. The molecular weight excluding hydrogens is 472 g/mol. The lowest BCUT2D eigenvalue weighted by atomic mass is 10.1. The minimum atomic E-state index is 0.0111. The first-order valence-corrected chi connectivity index (χ1v) is 16.9. The third-order valence-corrected chi connectivity index (χ3v) is 7.15. The van der Waals surface area contributed by atoms with Crippen LogP contribution in [0.25, 0.3) is 0 Å². The van der Waals surface area contributed by atoms with Crippen LogP contribution in [0.5, 0.6) is 0 Å². The molecule has 4 heteroatoms. The van der Waals surface area contributed by atoms with Gasteiger partial charge in [-0.1, -0.05) is 130 Å². The lowest BCUT2D eigenvalue weighted by Gasteiger charge is -2.19. The van der Waals surface area contributed by atoms with Crippen LogP contribution in [-0.2, 0) is 18.9 Å². The third kappa shape index (κ3) is 31.6. The topological polar surface area (TPSA) is 36.9 Å². The Morgan fingerprint density at radius 1 is 0.474 bits per heavy atom. The van der Waals surface area contributed by atoms with E-state index in [0.29, 0.717) is 6.79 Å². The second-order valence-corrected chi connectivity index (χ2v) is 11.0. The van der Waals surface area contributed by atoms with Crippen LogP contribution in [0.4, 0.5) is 0 Å². The monoisotopic (exact) mass is 541 g/mol. The zero-order valence-electron chi connectivity index (χ0n) is 26.2. The molecule has 0 aromatic heterocycles. The maximum Gasteiger partial charge on any atom is 0.188 e. The van der Waals surface area contributed by atoms with Crippen LogP contribution in [0.2, 0.25) is 0 Å². The van der Waals surface area contributed by atoms with Crippen LogP contribution in [0.15, 0.2) is 12.3 Å². The van der Waals surface area contributed by atoms with Gasteiger partial charge in [-0.05, 0) is 51.0 Å². The average Bonchev–Trinajstić information content (AvgIpc) is 2.93. The van der Waals surface area contributed by atoms with Crippen molar-refractivity contribution in [1.29, 1.82) is 0 Å². The van der Waals surface area contributed by atoms with Crippen molar-refractivity contribution in [2.75, 3.05) is 26.6 Å². The van der Waals surface area contributed by atoms with Gasteiger partial charge in [0.25, 0.3) is 0 Å². The fraction of sp³-hybridized carbons (Fsp3) is 0.941. The summed E-state index contributed by atoms with van der Waals surface area (Å²) in [4.78, 5) is 0. The first kappa shape index (κ1) is 37.4. The number of allylic oxidation sites excluding steroid dienone is 1. The van der Waals surface area contributed by atoms with Gasteiger partial charge >= 0.3 is 0 Å². The normalized spacial score (nSPS) is 11.8. The van der Waals surface area contributed by atoms with Crippen molar-refractivity contribution in [2.45, 2.75) is 181 Å². The first-order valence-electron chi connectivity index (χ1n) is 16.9. The maximum absolute atomic E-state index is 6.18. The molecule has 0 amide bonds. The first-order chi connectivity index (χ1) is 18.8. The quantitative estimate of drug-likeness (QED) is 0.0471. The predicted molar refractivity (Wildman–Crippen MR) is 165 cm³/mol. The second-order valence-electron chi connectivity index (χ2n) is 11.0. The lowest BCUT2D eigenvalue weighted by Crippen LogP contribution is -2.19. The summed E-state index contributed by atoms with van der Waals surface area (Å²) in [6.07, 6.45) is 34.5. The minimum Gasteiger partial charge on any atom is -0.475 e. The zero-order valence-corrected chi connectivity index (χ0v) is 26.2. The largest absolute Gasteiger partial charge is 0.475 e.